The van der Waals surface area contributed by atoms with Crippen molar-refractivity contribution in [3.63, 3.8) is 0 Å². The molecule has 1 saturated heterocycles. The van der Waals surface area contributed by atoms with Crippen LogP contribution >= 0.6 is 0 Å². The summed E-state index contributed by atoms with van der Waals surface area (Å²) in [5.74, 6) is -5.25. The van der Waals surface area contributed by atoms with Gasteiger partial charge in [-0.05, 0) is 19.1 Å². The molecule has 8 heteroatoms. The fraction of sp³-hybridized carbons (Fsp3) is 0.429. The zero-order valence-electron chi connectivity index (χ0n) is 12.0. The third-order valence-corrected chi connectivity index (χ3v) is 3.82. The lowest BCUT2D eigenvalue weighted by Crippen LogP contribution is -2.54. The molecule has 0 spiro atoms. The molecule has 1 heterocycles. The minimum absolute atomic E-state index is 0.172. The Morgan fingerprint density at radius 1 is 1.09 bits per heavy atom. The number of piperazine rings is 1. The lowest BCUT2D eigenvalue weighted by molar-refractivity contribution is -0.123. The van der Waals surface area contributed by atoms with Gasteiger partial charge in [0.05, 0.1) is 6.04 Å². The number of nitrogens with two attached hydrogens (primary N) is 1. The van der Waals surface area contributed by atoms with Crippen molar-refractivity contribution in [2.24, 2.45) is 5.73 Å². The minimum Gasteiger partial charge on any atom is -0.368 e. The highest BCUT2D eigenvalue weighted by molar-refractivity contribution is 5.95. The summed E-state index contributed by atoms with van der Waals surface area (Å²) in [4.78, 5) is 26.3. The van der Waals surface area contributed by atoms with Crippen LogP contribution in [-0.4, -0.2) is 53.8 Å². The average Bonchev–Trinajstić information content (AvgIpc) is 2.50. The molecular formula is C14H16F3N3O2. The molecule has 2 N–H and O–H groups in total. The van der Waals surface area contributed by atoms with Crippen LogP contribution in [0.3, 0.4) is 0 Å². The first-order valence-electron chi connectivity index (χ1n) is 6.79. The van der Waals surface area contributed by atoms with Gasteiger partial charge in [-0.2, -0.15) is 0 Å². The SMILES string of the molecule is CC(C(N)=O)N1CCN(C(=O)c2c(F)ccc(F)c2F)CC1. The van der Waals surface area contributed by atoms with Crippen LogP contribution in [0, 0.1) is 17.5 Å². The van der Waals surface area contributed by atoms with E-state index in [9.17, 15) is 22.8 Å². The largest absolute Gasteiger partial charge is 0.368 e. The molecule has 0 saturated carbocycles. The van der Waals surface area contributed by atoms with Gasteiger partial charge in [0.2, 0.25) is 5.91 Å². The Hall–Kier alpha value is -2.09. The van der Waals surface area contributed by atoms with E-state index in [0.717, 1.165) is 6.07 Å². The van der Waals surface area contributed by atoms with Crippen LogP contribution in [0.5, 0.6) is 0 Å². The van der Waals surface area contributed by atoms with Crippen molar-refractivity contribution >= 4 is 11.8 Å². The molecule has 0 aromatic heterocycles. The predicted octanol–water partition coefficient (Wildman–Crippen LogP) is 0.736. The van der Waals surface area contributed by atoms with Gasteiger partial charge in [-0.25, -0.2) is 13.2 Å². The second-order valence-corrected chi connectivity index (χ2v) is 5.12. The number of carbonyl (C=O) groups is 2. The van der Waals surface area contributed by atoms with Crippen molar-refractivity contribution in [2.75, 3.05) is 26.2 Å². The highest BCUT2D eigenvalue weighted by Crippen LogP contribution is 2.19. The number of benzene rings is 1. The van der Waals surface area contributed by atoms with Gasteiger partial charge in [0.1, 0.15) is 11.4 Å². The van der Waals surface area contributed by atoms with Gasteiger partial charge in [-0.1, -0.05) is 0 Å². The average molecular weight is 315 g/mol. The van der Waals surface area contributed by atoms with E-state index >= 15 is 0 Å². The van der Waals surface area contributed by atoms with E-state index in [4.69, 9.17) is 5.73 Å². The van der Waals surface area contributed by atoms with E-state index in [0.29, 0.717) is 19.2 Å². The van der Waals surface area contributed by atoms with Gasteiger partial charge >= 0.3 is 0 Å². The van der Waals surface area contributed by atoms with Crippen LogP contribution in [0.25, 0.3) is 0 Å². The Kier molecular flexibility index (Phi) is 4.70. The van der Waals surface area contributed by atoms with Crippen molar-refractivity contribution in [1.29, 1.82) is 0 Å². The molecule has 0 aliphatic carbocycles. The normalized spacial score (nSPS) is 17.4. The number of hydrogen-bond donors (Lipinski definition) is 1. The maximum Gasteiger partial charge on any atom is 0.260 e. The quantitative estimate of drug-likeness (QED) is 0.837. The number of primary amides is 1. The Bertz CT molecular complexity index is 601. The van der Waals surface area contributed by atoms with Gasteiger partial charge in [-0.3, -0.25) is 14.5 Å². The Labute approximate surface area is 125 Å². The molecule has 1 atom stereocenters. The van der Waals surface area contributed by atoms with Crippen LogP contribution in [0.15, 0.2) is 12.1 Å². The molecule has 1 aliphatic rings. The Balaban J connectivity index is 2.11. The zero-order chi connectivity index (χ0) is 16.4. The first-order chi connectivity index (χ1) is 10.3. The summed E-state index contributed by atoms with van der Waals surface area (Å²) in [5, 5.41) is 0. The number of rotatable bonds is 3. The van der Waals surface area contributed by atoms with Gasteiger partial charge in [0, 0.05) is 26.2 Å². The summed E-state index contributed by atoms with van der Waals surface area (Å²) in [5.41, 5.74) is 4.31. The number of halogens is 3. The van der Waals surface area contributed by atoms with E-state index in [1.54, 1.807) is 11.8 Å². The second kappa shape index (κ2) is 6.35. The first kappa shape index (κ1) is 16.3. The Morgan fingerprint density at radius 3 is 2.18 bits per heavy atom. The Morgan fingerprint density at radius 2 is 1.64 bits per heavy atom. The van der Waals surface area contributed by atoms with E-state index in [1.165, 1.54) is 4.90 Å². The van der Waals surface area contributed by atoms with E-state index in [-0.39, 0.29) is 13.1 Å². The zero-order valence-corrected chi connectivity index (χ0v) is 12.0. The standard InChI is InChI=1S/C14H16F3N3O2/c1-8(13(18)21)19-4-6-20(7-5-19)14(22)11-9(15)2-3-10(16)12(11)17/h2-3,8H,4-7H2,1H3,(H2,18,21). The van der Waals surface area contributed by atoms with Crippen LogP contribution in [0.2, 0.25) is 0 Å². The summed E-state index contributed by atoms with van der Waals surface area (Å²) in [6.45, 7) is 2.67. The van der Waals surface area contributed by atoms with Gasteiger partial charge in [-0.15, -0.1) is 0 Å². The molecular weight excluding hydrogens is 299 g/mol. The topological polar surface area (TPSA) is 66.6 Å². The summed E-state index contributed by atoms with van der Waals surface area (Å²) in [6.07, 6.45) is 0. The van der Waals surface area contributed by atoms with Crippen molar-refractivity contribution in [3.05, 3.63) is 35.1 Å². The second-order valence-electron chi connectivity index (χ2n) is 5.12. The summed E-state index contributed by atoms with van der Waals surface area (Å²) >= 11 is 0. The third kappa shape index (κ3) is 3.06. The van der Waals surface area contributed by atoms with Gasteiger partial charge in [0.15, 0.2) is 11.6 Å². The number of nitrogens with zero attached hydrogens (tertiary/aromatic N) is 2. The van der Waals surface area contributed by atoms with Crippen molar-refractivity contribution in [1.82, 2.24) is 9.80 Å². The molecule has 1 fully saturated rings. The molecule has 5 nitrogen and oxygen atoms in total. The molecule has 1 aromatic carbocycles. The van der Waals surface area contributed by atoms with Crippen LogP contribution < -0.4 is 5.73 Å². The van der Waals surface area contributed by atoms with Crippen molar-refractivity contribution in [2.45, 2.75) is 13.0 Å². The number of amides is 2. The third-order valence-electron chi connectivity index (χ3n) is 3.82. The van der Waals surface area contributed by atoms with Crippen LogP contribution in [0.1, 0.15) is 17.3 Å². The molecule has 1 unspecified atom stereocenters. The first-order valence-corrected chi connectivity index (χ1v) is 6.79. The summed E-state index contributed by atoms with van der Waals surface area (Å²) < 4.78 is 40.4. The summed E-state index contributed by atoms with van der Waals surface area (Å²) in [7, 11) is 0. The fourth-order valence-corrected chi connectivity index (χ4v) is 2.37. The molecule has 1 aliphatic heterocycles. The summed E-state index contributed by atoms with van der Waals surface area (Å²) in [6, 6.07) is 0.866. The fourth-order valence-electron chi connectivity index (χ4n) is 2.37. The molecule has 1 aromatic rings. The van der Waals surface area contributed by atoms with Crippen LogP contribution in [-0.2, 0) is 4.79 Å². The molecule has 120 valence electrons. The molecule has 2 rings (SSSR count). The molecule has 22 heavy (non-hydrogen) atoms. The lowest BCUT2D eigenvalue weighted by Gasteiger charge is -2.37. The maximum absolute atomic E-state index is 13.6. The molecule has 2 amide bonds. The van der Waals surface area contributed by atoms with E-state index in [2.05, 4.69) is 0 Å². The van der Waals surface area contributed by atoms with Gasteiger partial charge < -0.3 is 10.6 Å². The van der Waals surface area contributed by atoms with Crippen molar-refractivity contribution in [3.8, 4) is 0 Å². The minimum atomic E-state index is -1.49. The highest BCUT2D eigenvalue weighted by atomic mass is 19.2. The predicted molar refractivity (Wildman–Crippen MR) is 72.4 cm³/mol. The monoisotopic (exact) mass is 315 g/mol. The van der Waals surface area contributed by atoms with Crippen molar-refractivity contribution < 1.29 is 22.8 Å². The number of carbonyl (C=O) groups excluding carboxylic acids is 2. The van der Waals surface area contributed by atoms with Gasteiger partial charge in [0.25, 0.3) is 5.91 Å². The maximum atomic E-state index is 13.6. The molecule has 0 radical (unpaired) electrons. The lowest BCUT2D eigenvalue weighted by atomic mass is 10.1. The smallest absolute Gasteiger partial charge is 0.260 e. The highest BCUT2D eigenvalue weighted by Gasteiger charge is 2.30. The van der Waals surface area contributed by atoms with Crippen LogP contribution in [0.4, 0.5) is 13.2 Å². The van der Waals surface area contributed by atoms with E-state index in [1.807, 2.05) is 0 Å². The molecule has 0 bridgehead atoms. The van der Waals surface area contributed by atoms with E-state index < -0.39 is 40.9 Å². The number of hydrogen-bond acceptors (Lipinski definition) is 3.